The Morgan fingerprint density at radius 1 is 0.327 bits per heavy atom. The molecule has 0 aliphatic heterocycles. The maximum Gasteiger partial charge on any atom is 0.135 e. The summed E-state index contributed by atoms with van der Waals surface area (Å²) in [6, 6.07) is 71.7. The third kappa shape index (κ3) is 6.85. The van der Waals surface area contributed by atoms with Crippen LogP contribution in [0.1, 0.15) is 0 Å². The van der Waals surface area contributed by atoms with Crippen LogP contribution < -0.4 is 15.0 Å². The van der Waals surface area contributed by atoms with Crippen LogP contribution in [0, 0.1) is 0 Å². The number of hydrogen-bond donors (Lipinski definition) is 0. The Morgan fingerprint density at radius 3 is 1.18 bits per heavy atom. The van der Waals surface area contributed by atoms with Gasteiger partial charge < -0.3 is 14.2 Å². The first-order valence-electron chi connectivity index (χ1n) is 18.9. The predicted molar refractivity (Wildman–Crippen MR) is 237 cm³/mol. The number of anilines is 6. The first-order chi connectivity index (χ1) is 26.9. The van der Waals surface area contributed by atoms with E-state index in [0.717, 1.165) is 56.1 Å². The van der Waals surface area contributed by atoms with E-state index in [0.29, 0.717) is 0 Å². The van der Waals surface area contributed by atoms with Crippen LogP contribution in [0.3, 0.4) is 0 Å². The standard InChI is InChI=1S/C51H42N2OSi/c1-55(2,3)47-33-30-45(31-34-47)53(46-32-35-51-49(36-46)48-16-10-11-17-50(48)54-51)44-28-24-40(25-29-44)38-20-18-37(19-21-38)39-22-26-43(27-23-39)52(41-12-6-4-7-13-41)42-14-8-5-9-15-42/h4-36H,1-3H3. The highest BCUT2D eigenvalue weighted by atomic mass is 28.3. The average Bonchev–Trinajstić information content (AvgIpc) is 3.61. The lowest BCUT2D eigenvalue weighted by molar-refractivity contribution is 0.669. The van der Waals surface area contributed by atoms with Crippen LogP contribution in [-0.4, -0.2) is 8.07 Å². The van der Waals surface area contributed by atoms with E-state index in [4.69, 9.17) is 4.42 Å². The number of furan rings is 1. The molecule has 1 heterocycles. The SMILES string of the molecule is C[Si](C)(C)c1ccc(N(c2ccc(-c3ccc(-c4ccc(N(c5ccccc5)c5ccccc5)cc4)cc3)cc2)c2ccc3oc4ccccc4c3c2)cc1. The van der Waals surface area contributed by atoms with E-state index in [-0.39, 0.29) is 0 Å². The molecule has 0 aliphatic carbocycles. The van der Waals surface area contributed by atoms with Crippen molar-refractivity contribution in [1.82, 2.24) is 0 Å². The molecule has 0 N–H and O–H groups in total. The fraction of sp³-hybridized carbons (Fsp3) is 0.0588. The zero-order valence-corrected chi connectivity index (χ0v) is 32.4. The average molecular weight is 727 g/mol. The van der Waals surface area contributed by atoms with Crippen molar-refractivity contribution in [3.8, 4) is 22.3 Å². The fourth-order valence-electron chi connectivity index (χ4n) is 7.47. The van der Waals surface area contributed by atoms with Crippen LogP contribution in [-0.2, 0) is 0 Å². The second kappa shape index (κ2) is 14.3. The van der Waals surface area contributed by atoms with Gasteiger partial charge >= 0.3 is 0 Å². The van der Waals surface area contributed by atoms with Crippen molar-refractivity contribution < 1.29 is 4.42 Å². The molecule has 0 fully saturated rings. The predicted octanol–water partition coefficient (Wildman–Crippen LogP) is 14.4. The van der Waals surface area contributed by atoms with Gasteiger partial charge in [0.25, 0.3) is 0 Å². The molecule has 0 aliphatic rings. The molecule has 266 valence electrons. The Morgan fingerprint density at radius 2 is 0.691 bits per heavy atom. The van der Waals surface area contributed by atoms with Gasteiger partial charge in [0.05, 0.1) is 8.07 Å². The summed E-state index contributed by atoms with van der Waals surface area (Å²) < 4.78 is 6.19. The van der Waals surface area contributed by atoms with E-state index in [1.165, 1.54) is 27.4 Å². The summed E-state index contributed by atoms with van der Waals surface area (Å²) in [6.45, 7) is 7.18. The third-order valence-corrected chi connectivity index (χ3v) is 12.5. The Kier molecular flexibility index (Phi) is 8.89. The topological polar surface area (TPSA) is 19.6 Å². The molecule has 0 saturated heterocycles. The molecule has 55 heavy (non-hydrogen) atoms. The van der Waals surface area contributed by atoms with Crippen molar-refractivity contribution in [2.75, 3.05) is 9.80 Å². The Hall–Kier alpha value is -6.62. The monoisotopic (exact) mass is 726 g/mol. The second-order valence-electron chi connectivity index (χ2n) is 15.1. The van der Waals surface area contributed by atoms with Crippen molar-refractivity contribution in [3.05, 3.63) is 200 Å². The van der Waals surface area contributed by atoms with Gasteiger partial charge in [-0.15, -0.1) is 0 Å². The van der Waals surface area contributed by atoms with E-state index in [2.05, 4.69) is 217 Å². The molecule has 0 atom stereocenters. The highest BCUT2D eigenvalue weighted by Gasteiger charge is 2.19. The quantitative estimate of drug-likeness (QED) is 0.138. The second-order valence-corrected chi connectivity index (χ2v) is 20.2. The molecule has 4 heteroatoms. The molecule has 0 spiro atoms. The number of benzene rings is 8. The summed E-state index contributed by atoms with van der Waals surface area (Å²) in [5, 5.41) is 3.70. The number of hydrogen-bond acceptors (Lipinski definition) is 3. The molecule has 0 saturated carbocycles. The number of fused-ring (bicyclic) bond motifs is 3. The highest BCUT2D eigenvalue weighted by Crippen LogP contribution is 2.40. The number of rotatable bonds is 9. The maximum atomic E-state index is 6.19. The Bertz CT molecular complexity index is 2660. The van der Waals surface area contributed by atoms with Gasteiger partial charge in [0.2, 0.25) is 0 Å². The number of para-hydroxylation sites is 3. The van der Waals surface area contributed by atoms with Crippen molar-refractivity contribution in [2.45, 2.75) is 19.6 Å². The minimum absolute atomic E-state index is 0.898. The fourth-order valence-corrected chi connectivity index (χ4v) is 8.64. The summed E-state index contributed by atoms with van der Waals surface area (Å²) in [4.78, 5) is 4.64. The van der Waals surface area contributed by atoms with Crippen LogP contribution in [0.5, 0.6) is 0 Å². The lowest BCUT2D eigenvalue weighted by atomic mass is 9.99. The van der Waals surface area contributed by atoms with Gasteiger partial charge in [-0.25, -0.2) is 0 Å². The van der Waals surface area contributed by atoms with Gasteiger partial charge in [0.15, 0.2) is 0 Å². The normalized spacial score (nSPS) is 11.5. The van der Waals surface area contributed by atoms with E-state index in [9.17, 15) is 0 Å². The minimum Gasteiger partial charge on any atom is -0.456 e. The molecule has 9 rings (SSSR count). The maximum absolute atomic E-state index is 6.19. The van der Waals surface area contributed by atoms with Crippen molar-refractivity contribution >= 4 is 69.3 Å². The zero-order chi connectivity index (χ0) is 37.4. The van der Waals surface area contributed by atoms with Crippen LogP contribution in [0.4, 0.5) is 34.1 Å². The Labute approximate surface area is 324 Å². The largest absolute Gasteiger partial charge is 0.456 e. The molecule has 0 unspecified atom stereocenters. The molecular formula is C51H42N2OSi. The van der Waals surface area contributed by atoms with E-state index in [1.54, 1.807) is 0 Å². The van der Waals surface area contributed by atoms with Crippen LogP contribution in [0.25, 0.3) is 44.2 Å². The van der Waals surface area contributed by atoms with Crippen molar-refractivity contribution in [1.29, 1.82) is 0 Å². The van der Waals surface area contributed by atoms with Crippen molar-refractivity contribution in [3.63, 3.8) is 0 Å². The minimum atomic E-state index is -1.44. The summed E-state index contributed by atoms with van der Waals surface area (Å²) in [7, 11) is -1.44. The van der Waals surface area contributed by atoms with Gasteiger partial charge in [-0.2, -0.15) is 0 Å². The van der Waals surface area contributed by atoms with E-state index in [1.807, 2.05) is 12.1 Å². The van der Waals surface area contributed by atoms with Crippen LogP contribution >= 0.6 is 0 Å². The molecule has 0 bridgehead atoms. The van der Waals surface area contributed by atoms with Gasteiger partial charge in [0, 0.05) is 44.9 Å². The third-order valence-electron chi connectivity index (χ3n) is 10.4. The summed E-state index contributed by atoms with van der Waals surface area (Å²) in [5.74, 6) is 0. The molecule has 9 aromatic rings. The lowest BCUT2D eigenvalue weighted by Crippen LogP contribution is -2.37. The molecule has 8 aromatic carbocycles. The van der Waals surface area contributed by atoms with Crippen LogP contribution in [0.2, 0.25) is 19.6 Å². The Balaban J connectivity index is 1.00. The van der Waals surface area contributed by atoms with E-state index >= 15 is 0 Å². The molecule has 1 aromatic heterocycles. The summed E-state index contributed by atoms with van der Waals surface area (Å²) >= 11 is 0. The summed E-state index contributed by atoms with van der Waals surface area (Å²) in [5.41, 5.74) is 13.3. The molecule has 0 radical (unpaired) electrons. The first kappa shape index (κ1) is 34.2. The number of nitrogens with zero attached hydrogens (tertiary/aromatic N) is 2. The van der Waals surface area contributed by atoms with Crippen molar-refractivity contribution in [2.24, 2.45) is 0 Å². The molecule has 0 amide bonds. The van der Waals surface area contributed by atoms with Gasteiger partial charge in [0.1, 0.15) is 11.2 Å². The van der Waals surface area contributed by atoms with Gasteiger partial charge in [-0.1, -0.05) is 140 Å². The van der Waals surface area contributed by atoms with E-state index < -0.39 is 8.07 Å². The molecular weight excluding hydrogens is 685 g/mol. The zero-order valence-electron chi connectivity index (χ0n) is 31.4. The van der Waals surface area contributed by atoms with Gasteiger partial charge in [-0.05, 0) is 107 Å². The first-order valence-corrected chi connectivity index (χ1v) is 22.4. The molecule has 3 nitrogen and oxygen atoms in total. The van der Waals surface area contributed by atoms with Crippen LogP contribution in [0.15, 0.2) is 205 Å². The smallest absolute Gasteiger partial charge is 0.135 e. The highest BCUT2D eigenvalue weighted by molar-refractivity contribution is 6.88. The summed E-state index contributed by atoms with van der Waals surface area (Å²) in [6.07, 6.45) is 0. The lowest BCUT2D eigenvalue weighted by Gasteiger charge is -2.27. The van der Waals surface area contributed by atoms with Gasteiger partial charge in [-0.3, -0.25) is 0 Å².